The van der Waals surface area contributed by atoms with E-state index in [1.54, 1.807) is 0 Å². The molecule has 2 saturated carbocycles. The predicted octanol–water partition coefficient (Wildman–Crippen LogP) is 6.00. The summed E-state index contributed by atoms with van der Waals surface area (Å²) in [6.45, 7) is 5.17. The van der Waals surface area contributed by atoms with Crippen molar-refractivity contribution in [1.82, 2.24) is 9.47 Å². The van der Waals surface area contributed by atoms with Gasteiger partial charge < -0.3 is 4.57 Å². The molecule has 0 unspecified atom stereocenters. The highest BCUT2D eigenvalue weighted by atomic mass is 32.2. The minimum atomic E-state index is 0.105. The molecule has 27 heavy (non-hydrogen) atoms. The quantitative estimate of drug-likeness (QED) is 0.446. The Hall–Kier alpha value is -1.07. The Morgan fingerprint density at radius 2 is 1.81 bits per heavy atom. The summed E-state index contributed by atoms with van der Waals surface area (Å²) in [5, 5.41) is 0. The summed E-state index contributed by atoms with van der Waals surface area (Å²) in [6, 6.07) is 2.87. The number of amides is 1. The lowest BCUT2D eigenvalue weighted by atomic mass is 10.0. The molecule has 0 N–H and O–H groups in total. The van der Waals surface area contributed by atoms with Crippen molar-refractivity contribution in [2.24, 2.45) is 5.92 Å². The van der Waals surface area contributed by atoms with E-state index in [1.165, 1.54) is 80.1 Å². The maximum absolute atomic E-state index is 12.9. The van der Waals surface area contributed by atoms with Gasteiger partial charge in [0.15, 0.2) is 0 Å². The molecule has 0 spiro atoms. The number of thioether (sulfide) groups is 1. The van der Waals surface area contributed by atoms with Crippen LogP contribution in [0.3, 0.4) is 0 Å². The molecule has 0 aromatic carbocycles. The highest BCUT2D eigenvalue weighted by Gasteiger charge is 2.33. The van der Waals surface area contributed by atoms with Gasteiger partial charge in [0.1, 0.15) is 4.32 Å². The maximum atomic E-state index is 12.9. The summed E-state index contributed by atoms with van der Waals surface area (Å²) in [5.41, 5.74) is 3.77. The zero-order valence-corrected chi connectivity index (χ0v) is 18.1. The minimum Gasteiger partial charge on any atom is -0.346 e. The smallest absolute Gasteiger partial charge is 0.266 e. The summed E-state index contributed by atoms with van der Waals surface area (Å²) in [7, 11) is 0. The van der Waals surface area contributed by atoms with E-state index in [4.69, 9.17) is 12.2 Å². The van der Waals surface area contributed by atoms with E-state index in [9.17, 15) is 4.79 Å². The van der Waals surface area contributed by atoms with Gasteiger partial charge in [-0.3, -0.25) is 9.69 Å². The fourth-order valence-electron chi connectivity index (χ4n) is 5.12. The van der Waals surface area contributed by atoms with Crippen LogP contribution in [0.2, 0.25) is 0 Å². The van der Waals surface area contributed by atoms with Gasteiger partial charge in [-0.2, -0.15) is 0 Å². The first-order valence-electron chi connectivity index (χ1n) is 10.5. The highest BCUT2D eigenvalue weighted by molar-refractivity contribution is 8.26. The van der Waals surface area contributed by atoms with Crippen LogP contribution in [-0.2, 0) is 4.79 Å². The first kappa shape index (κ1) is 19.3. The van der Waals surface area contributed by atoms with Crippen molar-refractivity contribution in [2.75, 3.05) is 6.54 Å². The average Bonchev–Trinajstić information content (AvgIpc) is 3.40. The molecule has 1 saturated heterocycles. The van der Waals surface area contributed by atoms with Gasteiger partial charge >= 0.3 is 0 Å². The molecule has 3 nitrogen and oxygen atoms in total. The molecule has 1 amide bonds. The molecule has 3 aliphatic rings. The number of hydrogen-bond donors (Lipinski definition) is 0. The van der Waals surface area contributed by atoms with Gasteiger partial charge in [-0.25, -0.2) is 0 Å². The first-order valence-corrected chi connectivity index (χ1v) is 11.7. The Bertz CT molecular complexity index is 768. The second kappa shape index (κ2) is 8.12. The number of aromatic nitrogens is 1. The zero-order chi connectivity index (χ0) is 19.0. The topological polar surface area (TPSA) is 25.2 Å². The molecule has 1 aromatic heterocycles. The van der Waals surface area contributed by atoms with E-state index >= 15 is 0 Å². The number of nitrogens with zero attached hydrogens (tertiary/aromatic N) is 2. The van der Waals surface area contributed by atoms with Crippen LogP contribution in [0.4, 0.5) is 0 Å². The molecule has 1 aromatic rings. The summed E-state index contributed by atoms with van der Waals surface area (Å²) in [5.74, 6) is 0.887. The van der Waals surface area contributed by atoms with Crippen LogP contribution in [0.5, 0.6) is 0 Å². The van der Waals surface area contributed by atoms with Gasteiger partial charge in [0.05, 0.1) is 4.91 Å². The van der Waals surface area contributed by atoms with Gasteiger partial charge in [0, 0.05) is 24.0 Å². The molecular weight excluding hydrogens is 372 g/mol. The molecule has 146 valence electrons. The highest BCUT2D eigenvalue weighted by Crippen LogP contribution is 2.37. The number of rotatable bonds is 5. The van der Waals surface area contributed by atoms with Crippen molar-refractivity contribution in [3.63, 3.8) is 0 Å². The predicted molar refractivity (Wildman–Crippen MR) is 118 cm³/mol. The van der Waals surface area contributed by atoms with E-state index in [0.29, 0.717) is 6.04 Å². The van der Waals surface area contributed by atoms with E-state index in [1.807, 2.05) is 4.90 Å². The van der Waals surface area contributed by atoms with E-state index in [2.05, 4.69) is 30.6 Å². The van der Waals surface area contributed by atoms with Crippen LogP contribution in [-0.4, -0.2) is 26.2 Å². The second-order valence-corrected chi connectivity index (χ2v) is 10.1. The Labute approximate surface area is 172 Å². The second-order valence-electron chi connectivity index (χ2n) is 8.41. The van der Waals surface area contributed by atoms with E-state index in [-0.39, 0.29) is 5.91 Å². The number of carbonyl (C=O) groups excluding carboxylic acids is 1. The van der Waals surface area contributed by atoms with Crippen molar-refractivity contribution >= 4 is 40.3 Å². The van der Waals surface area contributed by atoms with Crippen LogP contribution in [0.25, 0.3) is 6.08 Å². The minimum absolute atomic E-state index is 0.105. The molecule has 0 bridgehead atoms. The molecule has 2 aliphatic carbocycles. The summed E-state index contributed by atoms with van der Waals surface area (Å²) >= 11 is 7.00. The average molecular weight is 403 g/mol. The normalized spacial score (nSPS) is 23.5. The van der Waals surface area contributed by atoms with Crippen molar-refractivity contribution in [1.29, 1.82) is 0 Å². The maximum Gasteiger partial charge on any atom is 0.266 e. The van der Waals surface area contributed by atoms with Gasteiger partial charge in [0.25, 0.3) is 5.91 Å². The molecule has 2 heterocycles. The Morgan fingerprint density at radius 3 is 2.52 bits per heavy atom. The lowest BCUT2D eigenvalue weighted by molar-refractivity contribution is -0.122. The van der Waals surface area contributed by atoms with Gasteiger partial charge in [-0.15, -0.1) is 0 Å². The third kappa shape index (κ3) is 3.91. The van der Waals surface area contributed by atoms with Crippen LogP contribution in [0.1, 0.15) is 80.8 Å². The van der Waals surface area contributed by atoms with Crippen LogP contribution < -0.4 is 0 Å². The number of aryl methyl sites for hydroxylation is 1. The number of thiocarbonyl (C=S) groups is 1. The van der Waals surface area contributed by atoms with Crippen molar-refractivity contribution in [2.45, 2.75) is 77.7 Å². The fraction of sp³-hybridized carbons (Fsp3) is 0.636. The first-order chi connectivity index (χ1) is 13.0. The molecule has 1 aliphatic heterocycles. The van der Waals surface area contributed by atoms with Gasteiger partial charge in [-0.1, -0.05) is 62.5 Å². The lowest BCUT2D eigenvalue weighted by Crippen LogP contribution is -2.30. The number of carbonyl (C=O) groups is 1. The molecule has 0 radical (unpaired) electrons. The largest absolute Gasteiger partial charge is 0.346 e. The van der Waals surface area contributed by atoms with E-state index < -0.39 is 0 Å². The zero-order valence-electron chi connectivity index (χ0n) is 16.5. The van der Waals surface area contributed by atoms with Gasteiger partial charge in [0.2, 0.25) is 0 Å². The molecule has 5 heteroatoms. The molecular formula is C22H30N2OS2. The molecule has 0 atom stereocenters. The monoisotopic (exact) mass is 402 g/mol. The van der Waals surface area contributed by atoms with Gasteiger partial charge in [-0.05, 0) is 56.7 Å². The third-order valence-electron chi connectivity index (χ3n) is 6.61. The molecule has 4 rings (SSSR count). The van der Waals surface area contributed by atoms with Crippen LogP contribution >= 0.6 is 24.0 Å². The lowest BCUT2D eigenvalue weighted by Gasteiger charge is -2.17. The summed E-state index contributed by atoms with van der Waals surface area (Å²) < 4.78 is 3.22. The van der Waals surface area contributed by atoms with Crippen LogP contribution in [0, 0.1) is 19.8 Å². The Morgan fingerprint density at radius 1 is 1.15 bits per heavy atom. The van der Waals surface area contributed by atoms with E-state index in [0.717, 1.165) is 28.1 Å². The number of hydrogen-bond acceptors (Lipinski definition) is 3. The SMILES string of the molecule is Cc1cc(/C=C2\SC(=S)N(CCC3CCCC3)C2=O)c(C)n1C1CCCC1. The Kier molecular flexibility index (Phi) is 5.79. The molecule has 3 fully saturated rings. The Balaban J connectivity index is 1.49. The summed E-state index contributed by atoms with van der Waals surface area (Å²) in [6.07, 6.45) is 13.7. The van der Waals surface area contributed by atoms with Crippen LogP contribution in [0.15, 0.2) is 11.0 Å². The standard InChI is InChI=1S/C22H30N2OS2/c1-15-13-18(16(2)24(15)19-9-5-6-10-19)14-20-21(25)23(22(26)27-20)12-11-17-7-3-4-8-17/h13-14,17,19H,3-12H2,1-2H3/b20-14-. The third-order valence-corrected chi connectivity index (χ3v) is 7.99. The van der Waals surface area contributed by atoms with Crippen molar-refractivity contribution in [3.8, 4) is 0 Å². The fourth-order valence-corrected chi connectivity index (χ4v) is 6.42. The summed E-state index contributed by atoms with van der Waals surface area (Å²) in [4.78, 5) is 15.6. The van der Waals surface area contributed by atoms with Crippen molar-refractivity contribution < 1.29 is 4.79 Å². The van der Waals surface area contributed by atoms with Crippen molar-refractivity contribution in [3.05, 3.63) is 27.9 Å².